The number of rotatable bonds is 8. The van der Waals surface area contributed by atoms with E-state index in [1.54, 1.807) is 24.3 Å². The molecule has 4 nitrogen and oxygen atoms in total. The van der Waals surface area contributed by atoms with E-state index in [0.29, 0.717) is 16.7 Å². The van der Waals surface area contributed by atoms with E-state index in [4.69, 9.17) is 22.7 Å². The van der Waals surface area contributed by atoms with Crippen LogP contribution in [0.3, 0.4) is 0 Å². The van der Waals surface area contributed by atoms with Gasteiger partial charge in [-0.25, -0.2) is 0 Å². The number of nitrogens with one attached hydrogen (secondary N) is 1. The van der Waals surface area contributed by atoms with Gasteiger partial charge in [0.05, 0.1) is 0 Å². The van der Waals surface area contributed by atoms with Crippen LogP contribution >= 0.6 is 12.2 Å². The van der Waals surface area contributed by atoms with E-state index in [-0.39, 0.29) is 18.6 Å². The summed E-state index contributed by atoms with van der Waals surface area (Å²) in [5.41, 5.74) is 6.30. The van der Waals surface area contributed by atoms with Crippen molar-refractivity contribution in [3.8, 4) is 5.75 Å². The van der Waals surface area contributed by atoms with Gasteiger partial charge >= 0.3 is 0 Å². The number of thiocarbonyl (C=S) groups is 1. The van der Waals surface area contributed by atoms with E-state index in [1.165, 1.54) is 0 Å². The Morgan fingerprint density at radius 3 is 2.38 bits per heavy atom. The van der Waals surface area contributed by atoms with E-state index >= 15 is 0 Å². The Kier molecular flexibility index (Phi) is 7.15. The topological polar surface area (TPSA) is 64.3 Å². The van der Waals surface area contributed by atoms with Gasteiger partial charge in [-0.2, -0.15) is 0 Å². The third-order valence-electron chi connectivity index (χ3n) is 3.09. The molecule has 1 atom stereocenters. The van der Waals surface area contributed by atoms with Crippen molar-refractivity contribution in [3.63, 3.8) is 0 Å². The fraction of sp³-hybridized carbons (Fsp3) is 0.500. The van der Waals surface area contributed by atoms with Crippen molar-refractivity contribution >= 4 is 23.1 Å². The predicted molar refractivity (Wildman–Crippen MR) is 89.5 cm³/mol. The van der Waals surface area contributed by atoms with Crippen LogP contribution in [0.5, 0.6) is 5.75 Å². The average Bonchev–Trinajstić information content (AvgIpc) is 2.43. The van der Waals surface area contributed by atoms with Gasteiger partial charge in [0.25, 0.3) is 5.91 Å². The van der Waals surface area contributed by atoms with Gasteiger partial charge < -0.3 is 15.8 Å². The number of benzene rings is 1. The minimum atomic E-state index is -0.107. The summed E-state index contributed by atoms with van der Waals surface area (Å²) in [7, 11) is 0. The Morgan fingerprint density at radius 2 is 1.86 bits per heavy atom. The first kappa shape index (κ1) is 17.4. The molecule has 0 spiro atoms. The molecule has 116 valence electrons. The highest BCUT2D eigenvalue weighted by molar-refractivity contribution is 7.80. The molecule has 0 aliphatic carbocycles. The lowest BCUT2D eigenvalue weighted by Crippen LogP contribution is -2.36. The summed E-state index contributed by atoms with van der Waals surface area (Å²) >= 11 is 4.87. The Bertz CT molecular complexity index is 472. The first-order valence-electron chi connectivity index (χ1n) is 7.20. The van der Waals surface area contributed by atoms with E-state index in [1.807, 2.05) is 6.92 Å². The number of hydrogen-bond donors (Lipinski definition) is 2. The minimum Gasteiger partial charge on any atom is -0.484 e. The van der Waals surface area contributed by atoms with Crippen LogP contribution in [0.4, 0.5) is 0 Å². The second kappa shape index (κ2) is 8.62. The molecular weight excluding hydrogens is 284 g/mol. The van der Waals surface area contributed by atoms with Gasteiger partial charge in [0.2, 0.25) is 0 Å². The number of amides is 1. The monoisotopic (exact) mass is 308 g/mol. The summed E-state index contributed by atoms with van der Waals surface area (Å²) in [6.07, 6.45) is 2.08. The minimum absolute atomic E-state index is 0.0123. The molecule has 1 rings (SSSR count). The van der Waals surface area contributed by atoms with Crippen LogP contribution in [0.1, 0.15) is 39.2 Å². The zero-order valence-electron chi connectivity index (χ0n) is 12.9. The SMILES string of the molecule is CC(C)CCC(C)NC(=O)COc1ccc(C(N)=S)cc1. The van der Waals surface area contributed by atoms with E-state index in [2.05, 4.69) is 19.2 Å². The van der Waals surface area contributed by atoms with Gasteiger partial charge in [-0.15, -0.1) is 0 Å². The molecule has 0 saturated heterocycles. The molecule has 0 aromatic heterocycles. The van der Waals surface area contributed by atoms with Crippen LogP contribution in [0.2, 0.25) is 0 Å². The molecule has 0 radical (unpaired) electrons. The Hall–Kier alpha value is -1.62. The molecule has 1 unspecified atom stereocenters. The molecule has 0 saturated carbocycles. The molecule has 3 N–H and O–H groups in total. The summed E-state index contributed by atoms with van der Waals surface area (Å²) in [5, 5.41) is 2.93. The molecule has 0 aliphatic rings. The van der Waals surface area contributed by atoms with Crippen LogP contribution < -0.4 is 15.8 Å². The van der Waals surface area contributed by atoms with E-state index in [0.717, 1.165) is 18.4 Å². The van der Waals surface area contributed by atoms with Crippen molar-refractivity contribution in [2.24, 2.45) is 11.7 Å². The maximum atomic E-state index is 11.8. The van der Waals surface area contributed by atoms with Crippen LogP contribution in [0.15, 0.2) is 24.3 Å². The molecule has 0 heterocycles. The number of carbonyl (C=O) groups excluding carboxylic acids is 1. The quantitative estimate of drug-likeness (QED) is 0.725. The first-order chi connectivity index (χ1) is 9.88. The number of nitrogens with two attached hydrogens (primary N) is 1. The van der Waals surface area contributed by atoms with Crippen molar-refractivity contribution < 1.29 is 9.53 Å². The van der Waals surface area contributed by atoms with Crippen molar-refractivity contribution in [2.45, 2.75) is 39.7 Å². The molecule has 5 heteroatoms. The maximum Gasteiger partial charge on any atom is 0.258 e. The zero-order chi connectivity index (χ0) is 15.8. The average molecular weight is 308 g/mol. The van der Waals surface area contributed by atoms with Crippen LogP contribution in [0.25, 0.3) is 0 Å². The number of ether oxygens (including phenoxy) is 1. The van der Waals surface area contributed by atoms with Crippen LogP contribution in [-0.2, 0) is 4.79 Å². The summed E-state index contributed by atoms with van der Waals surface area (Å²) in [5.74, 6) is 1.16. The zero-order valence-corrected chi connectivity index (χ0v) is 13.7. The van der Waals surface area contributed by atoms with Gasteiger partial charge in [-0.3, -0.25) is 4.79 Å². The van der Waals surface area contributed by atoms with Gasteiger partial charge in [0, 0.05) is 11.6 Å². The van der Waals surface area contributed by atoms with Crippen molar-refractivity contribution in [3.05, 3.63) is 29.8 Å². The summed E-state index contributed by atoms with van der Waals surface area (Å²) < 4.78 is 5.43. The molecule has 1 aromatic carbocycles. The van der Waals surface area contributed by atoms with Crippen LogP contribution in [-0.4, -0.2) is 23.5 Å². The third kappa shape index (κ3) is 7.09. The van der Waals surface area contributed by atoms with Crippen molar-refractivity contribution in [1.29, 1.82) is 0 Å². The van der Waals surface area contributed by atoms with Crippen LogP contribution in [0, 0.1) is 5.92 Å². The number of carbonyl (C=O) groups is 1. The van der Waals surface area contributed by atoms with E-state index in [9.17, 15) is 4.79 Å². The van der Waals surface area contributed by atoms with Crippen molar-refractivity contribution in [1.82, 2.24) is 5.32 Å². The molecular formula is C16H24N2O2S. The Balaban J connectivity index is 2.34. The third-order valence-corrected chi connectivity index (χ3v) is 3.33. The lowest BCUT2D eigenvalue weighted by Gasteiger charge is -2.15. The molecule has 1 aromatic rings. The fourth-order valence-electron chi connectivity index (χ4n) is 1.84. The highest BCUT2D eigenvalue weighted by Crippen LogP contribution is 2.12. The molecule has 0 aliphatic heterocycles. The largest absolute Gasteiger partial charge is 0.484 e. The maximum absolute atomic E-state index is 11.8. The molecule has 0 fully saturated rings. The summed E-state index contributed by atoms with van der Waals surface area (Å²) in [6, 6.07) is 7.23. The predicted octanol–water partition coefficient (Wildman–Crippen LogP) is 2.64. The number of hydrogen-bond acceptors (Lipinski definition) is 3. The van der Waals surface area contributed by atoms with Crippen molar-refractivity contribution in [2.75, 3.05) is 6.61 Å². The second-order valence-electron chi connectivity index (χ2n) is 5.62. The fourth-order valence-corrected chi connectivity index (χ4v) is 1.97. The first-order valence-corrected chi connectivity index (χ1v) is 7.61. The normalized spacial score (nSPS) is 12.0. The van der Waals surface area contributed by atoms with Gasteiger partial charge in [-0.05, 0) is 49.9 Å². The molecule has 0 bridgehead atoms. The van der Waals surface area contributed by atoms with E-state index < -0.39 is 0 Å². The standard InChI is InChI=1S/C16H24N2O2S/c1-11(2)4-5-12(3)18-15(19)10-20-14-8-6-13(7-9-14)16(17)21/h6-9,11-12H,4-5,10H2,1-3H3,(H2,17,21)(H,18,19). The van der Waals surface area contributed by atoms with Gasteiger partial charge in [-0.1, -0.05) is 26.1 Å². The smallest absolute Gasteiger partial charge is 0.258 e. The van der Waals surface area contributed by atoms with Gasteiger partial charge in [0.15, 0.2) is 6.61 Å². The second-order valence-corrected chi connectivity index (χ2v) is 6.06. The highest BCUT2D eigenvalue weighted by atomic mass is 32.1. The lowest BCUT2D eigenvalue weighted by atomic mass is 10.0. The van der Waals surface area contributed by atoms with Gasteiger partial charge in [0.1, 0.15) is 10.7 Å². The Morgan fingerprint density at radius 1 is 1.24 bits per heavy atom. The molecule has 21 heavy (non-hydrogen) atoms. The molecule has 1 amide bonds. The summed E-state index contributed by atoms with van der Waals surface area (Å²) in [6.45, 7) is 6.37. The lowest BCUT2D eigenvalue weighted by molar-refractivity contribution is -0.123. The highest BCUT2D eigenvalue weighted by Gasteiger charge is 2.09. The summed E-state index contributed by atoms with van der Waals surface area (Å²) in [4.78, 5) is 12.1. The Labute approximate surface area is 132 Å².